The second-order valence-electron chi connectivity index (χ2n) is 6.63. The minimum absolute atomic E-state index is 0.171. The largest absolute Gasteiger partial charge is 0.393 e. The van der Waals surface area contributed by atoms with Crippen molar-refractivity contribution in [2.75, 3.05) is 19.6 Å². The summed E-state index contributed by atoms with van der Waals surface area (Å²) in [6, 6.07) is 10.3. The van der Waals surface area contributed by atoms with Crippen LogP contribution in [-0.4, -0.2) is 52.6 Å². The van der Waals surface area contributed by atoms with Gasteiger partial charge in [0.05, 0.1) is 12.6 Å². The molecule has 1 aromatic carbocycles. The molecule has 1 fully saturated rings. The molecule has 1 aliphatic rings. The van der Waals surface area contributed by atoms with Gasteiger partial charge in [0.2, 0.25) is 5.91 Å². The lowest BCUT2D eigenvalue weighted by Crippen LogP contribution is -2.43. The SMILES string of the molecule is CC(O)C1CCN(CC(=O)N(Cc2ccccc2)C(C)C)C1. The molecule has 1 amide bonds. The third-order valence-corrected chi connectivity index (χ3v) is 4.49. The van der Waals surface area contributed by atoms with Crippen molar-refractivity contribution >= 4 is 5.91 Å². The Labute approximate surface area is 133 Å². The molecule has 0 aromatic heterocycles. The first kappa shape index (κ1) is 17.0. The highest BCUT2D eigenvalue weighted by Crippen LogP contribution is 2.20. The number of rotatable bonds is 6. The minimum Gasteiger partial charge on any atom is -0.393 e. The summed E-state index contributed by atoms with van der Waals surface area (Å²) >= 11 is 0. The number of carbonyl (C=O) groups excluding carboxylic acids is 1. The highest BCUT2D eigenvalue weighted by atomic mass is 16.3. The summed E-state index contributed by atoms with van der Waals surface area (Å²) in [5.74, 6) is 0.472. The molecule has 0 aliphatic carbocycles. The standard InChI is InChI=1S/C18H28N2O2/c1-14(2)20(11-16-7-5-4-6-8-16)18(22)13-19-10-9-17(12-19)15(3)21/h4-8,14-15,17,21H,9-13H2,1-3H3. The lowest BCUT2D eigenvalue weighted by atomic mass is 10.0. The maximum absolute atomic E-state index is 12.6. The number of aliphatic hydroxyl groups excluding tert-OH is 1. The van der Waals surface area contributed by atoms with Crippen LogP contribution in [0.15, 0.2) is 30.3 Å². The van der Waals surface area contributed by atoms with E-state index in [1.165, 1.54) is 0 Å². The molecule has 0 saturated carbocycles. The van der Waals surface area contributed by atoms with Crippen molar-refractivity contribution in [1.29, 1.82) is 0 Å². The van der Waals surface area contributed by atoms with Crippen LogP contribution in [0.3, 0.4) is 0 Å². The van der Waals surface area contributed by atoms with E-state index in [1.807, 2.05) is 30.0 Å². The van der Waals surface area contributed by atoms with Crippen LogP contribution < -0.4 is 0 Å². The zero-order valence-electron chi connectivity index (χ0n) is 13.9. The van der Waals surface area contributed by atoms with E-state index in [2.05, 4.69) is 30.9 Å². The number of nitrogens with zero attached hydrogens (tertiary/aromatic N) is 2. The molecule has 2 rings (SSSR count). The number of carbonyl (C=O) groups is 1. The van der Waals surface area contributed by atoms with Gasteiger partial charge in [-0.1, -0.05) is 30.3 Å². The average Bonchev–Trinajstić information content (AvgIpc) is 2.94. The molecule has 0 spiro atoms. The second-order valence-corrected chi connectivity index (χ2v) is 6.63. The minimum atomic E-state index is -0.286. The van der Waals surface area contributed by atoms with Gasteiger partial charge in [0, 0.05) is 19.1 Å². The van der Waals surface area contributed by atoms with Crippen molar-refractivity contribution < 1.29 is 9.90 Å². The summed E-state index contributed by atoms with van der Waals surface area (Å²) in [6.07, 6.45) is 0.691. The van der Waals surface area contributed by atoms with Crippen molar-refractivity contribution in [2.45, 2.75) is 45.9 Å². The molecule has 122 valence electrons. The summed E-state index contributed by atoms with van der Waals surface area (Å²) in [6.45, 7) is 8.79. The van der Waals surface area contributed by atoms with Crippen LogP contribution in [0.5, 0.6) is 0 Å². The van der Waals surface area contributed by atoms with Gasteiger partial charge >= 0.3 is 0 Å². The smallest absolute Gasteiger partial charge is 0.237 e. The van der Waals surface area contributed by atoms with Gasteiger partial charge in [-0.25, -0.2) is 0 Å². The van der Waals surface area contributed by atoms with Crippen molar-refractivity contribution in [3.8, 4) is 0 Å². The first-order valence-electron chi connectivity index (χ1n) is 8.21. The fourth-order valence-electron chi connectivity index (χ4n) is 3.02. The van der Waals surface area contributed by atoms with Crippen LogP contribution in [0, 0.1) is 5.92 Å². The van der Waals surface area contributed by atoms with Gasteiger partial charge in [-0.2, -0.15) is 0 Å². The fourth-order valence-corrected chi connectivity index (χ4v) is 3.02. The summed E-state index contributed by atoms with van der Waals surface area (Å²) in [7, 11) is 0. The van der Waals surface area contributed by atoms with Crippen LogP contribution >= 0.6 is 0 Å². The van der Waals surface area contributed by atoms with Crippen LogP contribution in [-0.2, 0) is 11.3 Å². The lowest BCUT2D eigenvalue weighted by Gasteiger charge is -2.29. The Hall–Kier alpha value is -1.39. The predicted molar refractivity (Wildman–Crippen MR) is 88.4 cm³/mol. The molecule has 0 bridgehead atoms. The summed E-state index contributed by atoms with van der Waals surface area (Å²) in [4.78, 5) is 16.7. The Kier molecular flexibility index (Phi) is 5.98. The van der Waals surface area contributed by atoms with Crippen molar-refractivity contribution in [1.82, 2.24) is 9.80 Å². The Balaban J connectivity index is 1.93. The second kappa shape index (κ2) is 7.75. The number of amides is 1. The average molecular weight is 304 g/mol. The quantitative estimate of drug-likeness (QED) is 0.875. The van der Waals surface area contributed by atoms with Gasteiger partial charge in [0.1, 0.15) is 0 Å². The van der Waals surface area contributed by atoms with Crippen LogP contribution in [0.4, 0.5) is 0 Å². The molecule has 1 saturated heterocycles. The number of hydrogen-bond donors (Lipinski definition) is 1. The van der Waals surface area contributed by atoms with Gasteiger partial charge in [-0.3, -0.25) is 9.69 Å². The maximum atomic E-state index is 12.6. The molecule has 22 heavy (non-hydrogen) atoms. The Bertz CT molecular complexity index is 473. The fraction of sp³-hybridized carbons (Fsp3) is 0.611. The molecule has 2 atom stereocenters. The Morgan fingerprint density at radius 1 is 1.32 bits per heavy atom. The zero-order chi connectivity index (χ0) is 16.1. The van der Waals surface area contributed by atoms with E-state index in [1.54, 1.807) is 0 Å². The summed E-state index contributed by atoms with van der Waals surface area (Å²) in [5, 5.41) is 9.67. The molecule has 1 aromatic rings. The highest BCUT2D eigenvalue weighted by Gasteiger charge is 2.28. The molecular weight excluding hydrogens is 276 g/mol. The first-order chi connectivity index (χ1) is 10.5. The molecule has 4 heteroatoms. The third kappa shape index (κ3) is 4.55. The van der Waals surface area contributed by atoms with Crippen molar-refractivity contribution in [3.63, 3.8) is 0 Å². The molecule has 2 unspecified atom stereocenters. The summed E-state index contributed by atoms with van der Waals surface area (Å²) < 4.78 is 0. The third-order valence-electron chi connectivity index (χ3n) is 4.49. The monoisotopic (exact) mass is 304 g/mol. The van der Waals surface area contributed by atoms with Gasteiger partial charge in [0.25, 0.3) is 0 Å². The molecule has 1 aliphatic heterocycles. The topological polar surface area (TPSA) is 43.8 Å². The van der Waals surface area contributed by atoms with Crippen LogP contribution in [0.2, 0.25) is 0 Å². The van der Waals surface area contributed by atoms with E-state index in [-0.39, 0.29) is 18.1 Å². The molecular formula is C18H28N2O2. The molecule has 0 radical (unpaired) electrons. The van der Waals surface area contributed by atoms with E-state index >= 15 is 0 Å². The van der Waals surface area contributed by atoms with E-state index < -0.39 is 0 Å². The first-order valence-corrected chi connectivity index (χ1v) is 8.21. The van der Waals surface area contributed by atoms with E-state index in [0.29, 0.717) is 19.0 Å². The molecule has 1 heterocycles. The zero-order valence-corrected chi connectivity index (χ0v) is 13.9. The Morgan fingerprint density at radius 2 is 2.00 bits per heavy atom. The van der Waals surface area contributed by atoms with Crippen molar-refractivity contribution in [2.24, 2.45) is 5.92 Å². The Morgan fingerprint density at radius 3 is 2.55 bits per heavy atom. The van der Waals surface area contributed by atoms with Gasteiger partial charge in [-0.05, 0) is 45.2 Å². The lowest BCUT2D eigenvalue weighted by molar-refractivity contribution is -0.134. The number of hydrogen-bond acceptors (Lipinski definition) is 3. The van der Waals surface area contributed by atoms with Gasteiger partial charge < -0.3 is 10.0 Å². The number of likely N-dealkylation sites (tertiary alicyclic amines) is 1. The van der Waals surface area contributed by atoms with Gasteiger partial charge in [0.15, 0.2) is 0 Å². The van der Waals surface area contributed by atoms with E-state index in [0.717, 1.165) is 25.1 Å². The van der Waals surface area contributed by atoms with Crippen LogP contribution in [0.1, 0.15) is 32.8 Å². The van der Waals surface area contributed by atoms with E-state index in [9.17, 15) is 9.90 Å². The van der Waals surface area contributed by atoms with Gasteiger partial charge in [-0.15, -0.1) is 0 Å². The maximum Gasteiger partial charge on any atom is 0.237 e. The van der Waals surface area contributed by atoms with E-state index in [4.69, 9.17) is 0 Å². The van der Waals surface area contributed by atoms with Crippen molar-refractivity contribution in [3.05, 3.63) is 35.9 Å². The summed E-state index contributed by atoms with van der Waals surface area (Å²) in [5.41, 5.74) is 1.16. The number of aliphatic hydroxyl groups is 1. The molecule has 1 N–H and O–H groups in total. The normalized spacial score (nSPS) is 20.3. The number of benzene rings is 1. The van der Waals surface area contributed by atoms with Crippen LogP contribution in [0.25, 0.3) is 0 Å². The molecule has 4 nitrogen and oxygen atoms in total. The highest BCUT2D eigenvalue weighted by molar-refractivity contribution is 5.78. The predicted octanol–water partition coefficient (Wildman–Crippen LogP) is 2.13.